The summed E-state index contributed by atoms with van der Waals surface area (Å²) in [5.74, 6) is 1.49. The van der Waals surface area contributed by atoms with Crippen LogP contribution in [0.5, 0.6) is 0 Å². The van der Waals surface area contributed by atoms with Crippen LogP contribution in [0.4, 0.5) is 4.79 Å². The highest BCUT2D eigenvalue weighted by molar-refractivity contribution is 5.86. The van der Waals surface area contributed by atoms with Gasteiger partial charge in [-0.2, -0.15) is 0 Å². The number of likely N-dealkylation sites (tertiary alicyclic amines) is 1. The minimum absolute atomic E-state index is 0.0412. The number of methoxy groups -OCH3 is 1. The third-order valence-electron chi connectivity index (χ3n) is 4.40. The quantitative estimate of drug-likeness (QED) is 0.843. The third-order valence-corrected chi connectivity index (χ3v) is 4.40. The molecular weight excluding hydrogens is 244 g/mol. The Kier molecular flexibility index (Phi) is 4.02. The molecule has 5 nitrogen and oxygen atoms in total. The van der Waals surface area contributed by atoms with E-state index in [2.05, 4.69) is 17.0 Å². The Labute approximate surface area is 114 Å². The highest BCUT2D eigenvalue weighted by Crippen LogP contribution is 2.50. The summed E-state index contributed by atoms with van der Waals surface area (Å²) < 4.78 is 4.61. The summed E-state index contributed by atoms with van der Waals surface area (Å²) in [7, 11) is 1.32. The van der Waals surface area contributed by atoms with Gasteiger partial charge in [0.25, 0.3) is 0 Å². The average molecular weight is 268 g/mol. The van der Waals surface area contributed by atoms with Crippen LogP contribution in [0.15, 0.2) is 0 Å². The lowest BCUT2D eigenvalue weighted by molar-refractivity contribution is -0.136. The number of fused-ring (bicyclic) bond motifs is 1. The number of amides is 2. The second-order valence-electron chi connectivity index (χ2n) is 5.98. The minimum atomic E-state index is -0.538. The molecule has 2 rings (SSSR count). The molecule has 2 aliphatic rings. The molecule has 108 valence electrons. The van der Waals surface area contributed by atoms with E-state index in [0.29, 0.717) is 17.9 Å². The van der Waals surface area contributed by atoms with E-state index in [1.54, 1.807) is 0 Å². The lowest BCUT2D eigenvalue weighted by atomic mass is 10.0. The molecule has 1 aliphatic carbocycles. The van der Waals surface area contributed by atoms with E-state index in [0.717, 1.165) is 13.0 Å². The summed E-state index contributed by atoms with van der Waals surface area (Å²) in [6.07, 6.45) is 1.72. The van der Waals surface area contributed by atoms with Crippen LogP contribution in [0.2, 0.25) is 0 Å². The molecule has 0 radical (unpaired) electrons. The van der Waals surface area contributed by atoms with Crippen LogP contribution in [0.3, 0.4) is 0 Å². The zero-order valence-corrected chi connectivity index (χ0v) is 12.2. The fraction of sp³-hybridized carbons (Fsp3) is 0.857. The van der Waals surface area contributed by atoms with Crippen molar-refractivity contribution in [2.45, 2.75) is 45.7 Å². The minimum Gasteiger partial charge on any atom is -0.453 e. The smallest absolute Gasteiger partial charge is 0.407 e. The van der Waals surface area contributed by atoms with Crippen molar-refractivity contribution in [3.63, 3.8) is 0 Å². The number of carbonyl (C=O) groups excluding carboxylic acids is 2. The largest absolute Gasteiger partial charge is 0.453 e. The summed E-state index contributed by atoms with van der Waals surface area (Å²) in [5.41, 5.74) is 0. The maximum atomic E-state index is 12.6. The predicted octanol–water partition coefficient (Wildman–Crippen LogP) is 1.62. The van der Waals surface area contributed by atoms with E-state index in [-0.39, 0.29) is 11.8 Å². The number of nitrogens with one attached hydrogen (secondary N) is 1. The molecule has 1 heterocycles. The van der Waals surface area contributed by atoms with Gasteiger partial charge in [0.15, 0.2) is 0 Å². The Morgan fingerprint density at radius 2 is 2.11 bits per heavy atom. The summed E-state index contributed by atoms with van der Waals surface area (Å²) >= 11 is 0. The monoisotopic (exact) mass is 268 g/mol. The number of carbonyl (C=O) groups is 2. The second kappa shape index (κ2) is 5.39. The van der Waals surface area contributed by atoms with E-state index < -0.39 is 12.1 Å². The molecule has 19 heavy (non-hydrogen) atoms. The van der Waals surface area contributed by atoms with Crippen molar-refractivity contribution in [2.24, 2.45) is 17.8 Å². The van der Waals surface area contributed by atoms with Gasteiger partial charge in [0.1, 0.15) is 6.04 Å². The highest BCUT2D eigenvalue weighted by atomic mass is 16.5. The Hall–Kier alpha value is -1.26. The van der Waals surface area contributed by atoms with Gasteiger partial charge in [-0.15, -0.1) is 0 Å². The molecule has 1 aliphatic heterocycles. The molecule has 0 aromatic heterocycles. The summed E-state index contributed by atoms with van der Waals surface area (Å²) in [5, 5.41) is 2.66. The molecule has 4 unspecified atom stereocenters. The topological polar surface area (TPSA) is 58.6 Å². The Morgan fingerprint density at radius 3 is 2.63 bits per heavy atom. The van der Waals surface area contributed by atoms with Crippen LogP contribution in [-0.2, 0) is 9.53 Å². The Balaban J connectivity index is 2.04. The first-order valence-corrected chi connectivity index (χ1v) is 7.14. The van der Waals surface area contributed by atoms with E-state index in [1.807, 2.05) is 18.7 Å². The van der Waals surface area contributed by atoms with Crippen molar-refractivity contribution in [3.05, 3.63) is 0 Å². The van der Waals surface area contributed by atoms with Gasteiger partial charge in [-0.05, 0) is 30.6 Å². The lowest BCUT2D eigenvalue weighted by Crippen LogP contribution is -2.53. The maximum absolute atomic E-state index is 12.6. The Bertz CT molecular complexity index is 370. The van der Waals surface area contributed by atoms with Gasteiger partial charge in [0.05, 0.1) is 7.11 Å². The molecular formula is C14H24N2O3. The zero-order valence-electron chi connectivity index (χ0n) is 12.2. The lowest BCUT2D eigenvalue weighted by Gasteiger charge is -2.32. The van der Waals surface area contributed by atoms with Gasteiger partial charge >= 0.3 is 6.09 Å². The highest BCUT2D eigenvalue weighted by Gasteiger charge is 2.53. The van der Waals surface area contributed by atoms with E-state index >= 15 is 0 Å². The first kappa shape index (κ1) is 14.2. The van der Waals surface area contributed by atoms with Crippen LogP contribution in [0.25, 0.3) is 0 Å². The molecule has 1 saturated heterocycles. The maximum Gasteiger partial charge on any atom is 0.407 e. The zero-order chi connectivity index (χ0) is 14.2. The number of rotatable bonds is 4. The summed E-state index contributed by atoms with van der Waals surface area (Å²) in [6.45, 7) is 6.87. The van der Waals surface area contributed by atoms with Crippen LogP contribution in [-0.4, -0.2) is 42.6 Å². The van der Waals surface area contributed by atoms with Gasteiger partial charge in [-0.1, -0.05) is 20.8 Å². The number of alkyl carbamates (subject to hydrolysis) is 1. The molecule has 0 aromatic carbocycles. The molecule has 2 fully saturated rings. The Morgan fingerprint density at radius 1 is 1.42 bits per heavy atom. The van der Waals surface area contributed by atoms with Gasteiger partial charge in [0.2, 0.25) is 5.91 Å². The standard InChI is InChI=1S/C14H24N2O3/c1-5-11-10-6-9(10)7-16(11)13(17)12(8(2)3)15-14(18)19-4/h8-12H,5-7H2,1-4H3,(H,15,18). The van der Waals surface area contributed by atoms with Crippen molar-refractivity contribution in [1.29, 1.82) is 0 Å². The normalized spacial score (nSPS) is 29.9. The number of hydrogen-bond acceptors (Lipinski definition) is 3. The number of nitrogens with zero attached hydrogens (tertiary/aromatic N) is 1. The van der Waals surface area contributed by atoms with Crippen molar-refractivity contribution >= 4 is 12.0 Å². The fourth-order valence-corrected chi connectivity index (χ4v) is 3.23. The molecule has 0 bridgehead atoms. The summed E-state index contributed by atoms with van der Waals surface area (Å²) in [6, 6.07) is -0.128. The average Bonchev–Trinajstić information content (AvgIpc) is 3.06. The first-order chi connectivity index (χ1) is 8.99. The SMILES string of the molecule is CCC1C2CC2CN1C(=O)C(NC(=O)OC)C(C)C. The van der Waals surface area contributed by atoms with Crippen molar-refractivity contribution < 1.29 is 14.3 Å². The number of ether oxygens (including phenoxy) is 1. The van der Waals surface area contributed by atoms with Crippen LogP contribution < -0.4 is 5.32 Å². The van der Waals surface area contributed by atoms with Gasteiger partial charge in [0, 0.05) is 12.6 Å². The molecule has 5 heteroatoms. The number of piperidine rings is 1. The van der Waals surface area contributed by atoms with Crippen LogP contribution in [0, 0.1) is 17.8 Å². The molecule has 4 atom stereocenters. The van der Waals surface area contributed by atoms with Gasteiger partial charge in [-0.25, -0.2) is 4.79 Å². The van der Waals surface area contributed by atoms with Crippen molar-refractivity contribution in [3.8, 4) is 0 Å². The fourth-order valence-electron chi connectivity index (χ4n) is 3.23. The molecule has 2 amide bonds. The molecule has 0 spiro atoms. The van der Waals surface area contributed by atoms with Crippen LogP contribution in [0.1, 0.15) is 33.6 Å². The second-order valence-corrected chi connectivity index (χ2v) is 5.98. The van der Waals surface area contributed by atoms with Crippen molar-refractivity contribution in [2.75, 3.05) is 13.7 Å². The van der Waals surface area contributed by atoms with E-state index in [1.165, 1.54) is 13.5 Å². The first-order valence-electron chi connectivity index (χ1n) is 7.14. The van der Waals surface area contributed by atoms with Gasteiger partial charge < -0.3 is 15.0 Å². The predicted molar refractivity (Wildman–Crippen MR) is 71.6 cm³/mol. The van der Waals surface area contributed by atoms with Gasteiger partial charge in [-0.3, -0.25) is 4.79 Å². The molecule has 1 saturated carbocycles. The van der Waals surface area contributed by atoms with E-state index in [4.69, 9.17) is 0 Å². The molecule has 0 aromatic rings. The molecule has 1 N–H and O–H groups in total. The van der Waals surface area contributed by atoms with Crippen molar-refractivity contribution in [1.82, 2.24) is 10.2 Å². The summed E-state index contributed by atoms with van der Waals surface area (Å²) in [4.78, 5) is 26.0. The van der Waals surface area contributed by atoms with Crippen LogP contribution >= 0.6 is 0 Å². The third kappa shape index (κ3) is 2.69. The number of hydrogen-bond donors (Lipinski definition) is 1. The van der Waals surface area contributed by atoms with E-state index in [9.17, 15) is 9.59 Å².